The molecule has 3 heteroatoms. The molecule has 0 aromatic rings. The molecule has 0 amide bonds. The predicted octanol–water partition coefficient (Wildman–Crippen LogP) is 1.91. The van der Waals surface area contributed by atoms with Gasteiger partial charge in [0.05, 0.1) is 0 Å². The minimum Gasteiger partial charge on any atom is -0.298 e. The van der Waals surface area contributed by atoms with Crippen LogP contribution in [-0.4, -0.2) is 13.0 Å². The summed E-state index contributed by atoms with van der Waals surface area (Å²) in [4.78, 5) is 13.5. The minimum atomic E-state index is 0.391. The molecule has 0 bridgehead atoms. The van der Waals surface area contributed by atoms with E-state index in [9.17, 15) is 4.79 Å². The van der Waals surface area contributed by atoms with Gasteiger partial charge in [0.1, 0.15) is 6.29 Å². The molecule has 0 N–H and O–H groups in total. The number of nitrogens with zero attached hydrogens (tertiary/aromatic N) is 1. The number of allylic oxidation sites excluding steroid dienone is 3. The Morgan fingerprint density at radius 3 is 2.70 bits per heavy atom. The van der Waals surface area contributed by atoms with Gasteiger partial charge in [-0.1, -0.05) is 11.6 Å². The van der Waals surface area contributed by atoms with Crippen molar-refractivity contribution in [1.29, 1.82) is 0 Å². The van der Waals surface area contributed by atoms with Crippen LogP contribution in [0, 0.1) is 0 Å². The Bertz CT molecular complexity index is 194. The van der Waals surface area contributed by atoms with E-state index in [1.165, 1.54) is 12.3 Å². The van der Waals surface area contributed by atoms with E-state index in [1.54, 1.807) is 6.92 Å². The zero-order valence-electron chi connectivity index (χ0n) is 5.67. The van der Waals surface area contributed by atoms with Crippen molar-refractivity contribution in [2.45, 2.75) is 6.92 Å². The maximum Gasteiger partial charge on any atom is 0.147 e. The second-order valence-electron chi connectivity index (χ2n) is 1.65. The van der Waals surface area contributed by atoms with Gasteiger partial charge in [-0.2, -0.15) is 0 Å². The summed E-state index contributed by atoms with van der Waals surface area (Å²) in [6, 6.07) is 0. The van der Waals surface area contributed by atoms with Gasteiger partial charge in [0.2, 0.25) is 0 Å². The number of hydrogen-bond donors (Lipinski definition) is 0. The first-order valence-corrected chi connectivity index (χ1v) is 3.04. The Morgan fingerprint density at radius 1 is 1.70 bits per heavy atom. The Hall–Kier alpha value is -0.890. The van der Waals surface area contributed by atoms with Crippen LogP contribution in [0.15, 0.2) is 27.9 Å². The lowest BCUT2D eigenvalue weighted by Crippen LogP contribution is -1.77. The Kier molecular flexibility index (Phi) is 4.50. The largest absolute Gasteiger partial charge is 0.298 e. The smallest absolute Gasteiger partial charge is 0.147 e. The molecule has 0 heterocycles. The van der Waals surface area contributed by atoms with Gasteiger partial charge in [0.15, 0.2) is 0 Å². The third-order valence-electron chi connectivity index (χ3n) is 0.880. The molecule has 0 radical (unpaired) electrons. The molecular formula is C7H8ClNO. The lowest BCUT2D eigenvalue weighted by molar-refractivity contribution is -0.104. The van der Waals surface area contributed by atoms with Gasteiger partial charge < -0.3 is 0 Å². The predicted molar refractivity (Wildman–Crippen MR) is 43.3 cm³/mol. The molecule has 54 valence electrons. The first-order chi connectivity index (χ1) is 4.72. The summed E-state index contributed by atoms with van der Waals surface area (Å²) >= 11 is 5.58. The van der Waals surface area contributed by atoms with Gasteiger partial charge in [0, 0.05) is 16.8 Å². The van der Waals surface area contributed by atoms with Crippen LogP contribution >= 0.6 is 11.6 Å². The van der Waals surface area contributed by atoms with Gasteiger partial charge in [-0.15, -0.1) is 0 Å². The third-order valence-corrected chi connectivity index (χ3v) is 1.30. The third kappa shape index (κ3) is 3.20. The maximum atomic E-state index is 10.1. The van der Waals surface area contributed by atoms with Crippen molar-refractivity contribution in [3.05, 3.63) is 22.9 Å². The van der Waals surface area contributed by atoms with E-state index in [-0.39, 0.29) is 0 Å². The van der Waals surface area contributed by atoms with Gasteiger partial charge in [-0.05, 0) is 19.7 Å². The monoisotopic (exact) mass is 157 g/mol. The summed E-state index contributed by atoms with van der Waals surface area (Å²) in [6.45, 7) is 4.84. The molecule has 0 unspecified atom stereocenters. The van der Waals surface area contributed by atoms with Crippen molar-refractivity contribution in [2.24, 2.45) is 4.99 Å². The number of halogens is 1. The van der Waals surface area contributed by atoms with Crippen molar-refractivity contribution in [2.75, 3.05) is 0 Å². The zero-order chi connectivity index (χ0) is 7.98. The average molecular weight is 158 g/mol. The van der Waals surface area contributed by atoms with Gasteiger partial charge in [-0.3, -0.25) is 9.79 Å². The summed E-state index contributed by atoms with van der Waals surface area (Å²) in [5.74, 6) is 0. The highest BCUT2D eigenvalue weighted by Gasteiger charge is 1.90. The van der Waals surface area contributed by atoms with Crippen LogP contribution in [0.25, 0.3) is 0 Å². The summed E-state index contributed by atoms with van der Waals surface area (Å²) in [6.07, 6.45) is 3.63. The molecule has 0 aromatic carbocycles. The van der Waals surface area contributed by atoms with Crippen molar-refractivity contribution >= 4 is 24.6 Å². The SMILES string of the molecule is C=N/C=C\C(Cl)=C(/C)C=O. The lowest BCUT2D eigenvalue weighted by atomic mass is 10.3. The van der Waals surface area contributed by atoms with Crippen LogP contribution in [0.5, 0.6) is 0 Å². The van der Waals surface area contributed by atoms with Crippen molar-refractivity contribution < 1.29 is 4.79 Å². The van der Waals surface area contributed by atoms with Crippen molar-refractivity contribution in [1.82, 2.24) is 0 Å². The first-order valence-electron chi connectivity index (χ1n) is 2.66. The fourth-order valence-corrected chi connectivity index (χ4v) is 0.407. The van der Waals surface area contributed by atoms with Gasteiger partial charge in [0.25, 0.3) is 0 Å². The van der Waals surface area contributed by atoms with E-state index < -0.39 is 0 Å². The zero-order valence-corrected chi connectivity index (χ0v) is 6.43. The minimum absolute atomic E-state index is 0.391. The Morgan fingerprint density at radius 2 is 2.30 bits per heavy atom. The molecule has 2 nitrogen and oxygen atoms in total. The molecule has 0 aliphatic carbocycles. The van der Waals surface area contributed by atoms with Crippen LogP contribution in [0.1, 0.15) is 6.92 Å². The molecular weight excluding hydrogens is 150 g/mol. The number of rotatable bonds is 3. The summed E-state index contributed by atoms with van der Waals surface area (Å²) < 4.78 is 0. The molecule has 0 saturated heterocycles. The fourth-order valence-electron chi connectivity index (χ4n) is 0.306. The van der Waals surface area contributed by atoms with Crippen LogP contribution < -0.4 is 0 Å². The maximum absolute atomic E-state index is 10.1. The number of aliphatic imine (C=N–C) groups is 1. The van der Waals surface area contributed by atoms with Crippen LogP contribution in [-0.2, 0) is 4.79 Å². The molecule has 10 heavy (non-hydrogen) atoms. The van der Waals surface area contributed by atoms with Gasteiger partial charge >= 0.3 is 0 Å². The Balaban J connectivity index is 4.31. The second kappa shape index (κ2) is 4.94. The van der Waals surface area contributed by atoms with E-state index in [0.29, 0.717) is 16.9 Å². The normalized spacial score (nSPS) is 13.0. The fraction of sp³-hybridized carbons (Fsp3) is 0.143. The van der Waals surface area contributed by atoms with Crippen molar-refractivity contribution in [3.8, 4) is 0 Å². The van der Waals surface area contributed by atoms with E-state index in [0.717, 1.165) is 0 Å². The average Bonchev–Trinajstić information content (AvgIpc) is 1.98. The topological polar surface area (TPSA) is 29.4 Å². The second-order valence-corrected chi connectivity index (χ2v) is 2.05. The van der Waals surface area contributed by atoms with Crippen LogP contribution in [0.2, 0.25) is 0 Å². The highest BCUT2D eigenvalue weighted by Crippen LogP contribution is 2.07. The van der Waals surface area contributed by atoms with E-state index in [1.807, 2.05) is 0 Å². The highest BCUT2D eigenvalue weighted by molar-refractivity contribution is 6.32. The molecule has 0 fully saturated rings. The quantitative estimate of drug-likeness (QED) is 0.266. The first kappa shape index (κ1) is 9.11. The number of hydrogen-bond acceptors (Lipinski definition) is 2. The highest BCUT2D eigenvalue weighted by atomic mass is 35.5. The lowest BCUT2D eigenvalue weighted by Gasteiger charge is -1.88. The van der Waals surface area contributed by atoms with Crippen LogP contribution in [0.4, 0.5) is 0 Å². The summed E-state index contributed by atoms with van der Waals surface area (Å²) in [5, 5.41) is 0.391. The standard InChI is InChI=1S/C7H8ClNO/c1-6(5-10)7(8)3-4-9-2/h3-5H,2H2,1H3/b4-3-,7-6-. The number of carbonyl (C=O) groups excluding carboxylic acids is 1. The molecule has 0 saturated carbocycles. The number of aldehydes is 1. The van der Waals surface area contributed by atoms with E-state index >= 15 is 0 Å². The van der Waals surface area contributed by atoms with Crippen molar-refractivity contribution in [3.63, 3.8) is 0 Å². The molecule has 0 aromatic heterocycles. The number of carbonyl (C=O) groups is 1. The van der Waals surface area contributed by atoms with E-state index in [4.69, 9.17) is 11.6 Å². The summed E-state index contributed by atoms with van der Waals surface area (Å²) in [7, 11) is 0. The molecule has 0 atom stereocenters. The summed E-state index contributed by atoms with van der Waals surface area (Å²) in [5.41, 5.74) is 0.488. The van der Waals surface area contributed by atoms with Crippen LogP contribution in [0.3, 0.4) is 0 Å². The van der Waals surface area contributed by atoms with Gasteiger partial charge in [-0.25, -0.2) is 0 Å². The Labute approximate surface area is 64.9 Å². The van der Waals surface area contributed by atoms with E-state index in [2.05, 4.69) is 11.7 Å². The molecule has 0 spiro atoms. The molecule has 0 aliphatic rings. The molecule has 0 rings (SSSR count). The molecule has 0 aliphatic heterocycles.